The first-order chi connectivity index (χ1) is 14.0. The van der Waals surface area contributed by atoms with Gasteiger partial charge in [-0.1, -0.05) is 73.7 Å². The van der Waals surface area contributed by atoms with E-state index in [1.165, 1.54) is 11.1 Å². The highest BCUT2D eigenvalue weighted by molar-refractivity contribution is 7.80. The Kier molecular flexibility index (Phi) is 9.81. The summed E-state index contributed by atoms with van der Waals surface area (Å²) in [5.74, 6) is -0.735. The Morgan fingerprint density at radius 2 is 1.72 bits per heavy atom. The van der Waals surface area contributed by atoms with Crippen LogP contribution >= 0.6 is 12.2 Å². The van der Waals surface area contributed by atoms with Crippen LogP contribution in [0.3, 0.4) is 0 Å². The van der Waals surface area contributed by atoms with Gasteiger partial charge in [-0.25, -0.2) is 4.79 Å². The van der Waals surface area contributed by atoms with Crippen molar-refractivity contribution in [2.75, 3.05) is 13.2 Å². The van der Waals surface area contributed by atoms with Crippen molar-refractivity contribution in [3.8, 4) is 0 Å². The molecule has 0 aliphatic rings. The fraction of sp³-hybridized carbons (Fsp3) is 0.417. The van der Waals surface area contributed by atoms with E-state index < -0.39 is 12.1 Å². The van der Waals surface area contributed by atoms with E-state index in [4.69, 9.17) is 17.0 Å². The first-order valence-corrected chi connectivity index (χ1v) is 10.7. The minimum atomic E-state index is -0.922. The van der Waals surface area contributed by atoms with Gasteiger partial charge in [0.25, 0.3) is 0 Å². The van der Waals surface area contributed by atoms with Crippen LogP contribution in [0.2, 0.25) is 0 Å². The highest BCUT2D eigenvalue weighted by Crippen LogP contribution is 2.23. The molecule has 2 aromatic carbocycles. The quantitative estimate of drug-likeness (QED) is 0.491. The Morgan fingerprint density at radius 3 is 2.31 bits per heavy atom. The Morgan fingerprint density at radius 1 is 1.07 bits per heavy atom. The van der Waals surface area contributed by atoms with Crippen molar-refractivity contribution >= 4 is 23.2 Å². The Bertz CT molecular complexity index is 761. The fourth-order valence-corrected chi connectivity index (χ4v) is 3.65. The minimum Gasteiger partial charge on any atom is -0.479 e. The second-order valence-electron chi connectivity index (χ2n) is 7.10. The van der Waals surface area contributed by atoms with E-state index in [-0.39, 0.29) is 5.92 Å². The van der Waals surface area contributed by atoms with Crippen LogP contribution in [0.15, 0.2) is 54.6 Å². The molecule has 5 heteroatoms. The number of hydrogen-bond donors (Lipinski definition) is 2. The van der Waals surface area contributed by atoms with Gasteiger partial charge in [-0.2, -0.15) is 0 Å². The van der Waals surface area contributed by atoms with Crippen molar-refractivity contribution in [3.63, 3.8) is 0 Å². The summed E-state index contributed by atoms with van der Waals surface area (Å²) in [5, 5.41) is 12.6. The van der Waals surface area contributed by atoms with Crippen LogP contribution in [0.25, 0.3) is 0 Å². The molecule has 0 amide bonds. The summed E-state index contributed by atoms with van der Waals surface area (Å²) in [7, 11) is 0. The van der Waals surface area contributed by atoms with Crippen molar-refractivity contribution in [1.29, 1.82) is 0 Å². The summed E-state index contributed by atoms with van der Waals surface area (Å²) in [5.41, 5.74) is 3.42. The van der Waals surface area contributed by atoms with Crippen LogP contribution in [0, 0.1) is 0 Å². The fourth-order valence-electron chi connectivity index (χ4n) is 3.29. The molecule has 2 N–H and O–H groups in total. The van der Waals surface area contributed by atoms with Crippen molar-refractivity contribution in [2.24, 2.45) is 0 Å². The molecule has 0 saturated heterocycles. The molecule has 2 atom stereocenters. The SMILES string of the molecule is CCCNC(=S)[C@H](CCc1ccc(C[C@@H](OCC)C(=O)O)cc1)c1ccccc1. The van der Waals surface area contributed by atoms with Crippen LogP contribution in [0.4, 0.5) is 0 Å². The van der Waals surface area contributed by atoms with Gasteiger partial charge >= 0.3 is 5.97 Å². The van der Waals surface area contributed by atoms with Gasteiger partial charge in [-0.3, -0.25) is 0 Å². The predicted octanol–water partition coefficient (Wildman–Crippen LogP) is 4.76. The van der Waals surface area contributed by atoms with Gasteiger partial charge in [-0.05, 0) is 42.9 Å². The zero-order chi connectivity index (χ0) is 21.1. The Hall–Kier alpha value is -2.24. The number of ether oxygens (including phenoxy) is 1. The highest BCUT2D eigenvalue weighted by Gasteiger charge is 2.19. The smallest absolute Gasteiger partial charge is 0.333 e. The molecule has 0 unspecified atom stereocenters. The zero-order valence-electron chi connectivity index (χ0n) is 17.3. The molecule has 0 aliphatic carbocycles. The molecule has 2 rings (SSSR count). The lowest BCUT2D eigenvalue weighted by atomic mass is 9.91. The number of hydrogen-bond acceptors (Lipinski definition) is 3. The second-order valence-corrected chi connectivity index (χ2v) is 7.54. The molecular weight excluding hydrogens is 382 g/mol. The molecular formula is C24H31NO3S. The van der Waals surface area contributed by atoms with E-state index in [0.717, 1.165) is 36.4 Å². The second kappa shape index (κ2) is 12.3. The van der Waals surface area contributed by atoms with E-state index in [1.807, 2.05) is 25.1 Å². The van der Waals surface area contributed by atoms with E-state index >= 15 is 0 Å². The van der Waals surface area contributed by atoms with Crippen LogP contribution in [-0.2, 0) is 22.4 Å². The molecule has 0 radical (unpaired) electrons. The number of benzene rings is 2. The molecule has 0 bridgehead atoms. The minimum absolute atomic E-state index is 0.187. The number of aliphatic carboxylic acids is 1. The van der Waals surface area contributed by atoms with Gasteiger partial charge in [-0.15, -0.1) is 0 Å². The Labute approximate surface area is 179 Å². The number of rotatable bonds is 12. The molecule has 0 saturated carbocycles. The summed E-state index contributed by atoms with van der Waals surface area (Å²) in [4.78, 5) is 12.2. The molecule has 0 aromatic heterocycles. The van der Waals surface area contributed by atoms with E-state index in [9.17, 15) is 9.90 Å². The van der Waals surface area contributed by atoms with Gasteiger partial charge in [0.05, 0.1) is 4.99 Å². The van der Waals surface area contributed by atoms with Crippen molar-refractivity contribution in [3.05, 3.63) is 71.3 Å². The van der Waals surface area contributed by atoms with E-state index in [1.54, 1.807) is 0 Å². The molecule has 29 heavy (non-hydrogen) atoms. The number of thiocarbonyl (C=S) groups is 1. The number of carboxylic acids is 1. The monoisotopic (exact) mass is 413 g/mol. The van der Waals surface area contributed by atoms with Crippen LogP contribution < -0.4 is 5.32 Å². The van der Waals surface area contributed by atoms with E-state index in [0.29, 0.717) is 13.0 Å². The molecule has 4 nitrogen and oxygen atoms in total. The normalized spacial score (nSPS) is 12.9. The first-order valence-electron chi connectivity index (χ1n) is 10.3. The third-order valence-electron chi connectivity index (χ3n) is 4.88. The molecule has 0 spiro atoms. The molecule has 0 aliphatic heterocycles. The first kappa shape index (κ1) is 23.0. The van der Waals surface area contributed by atoms with Gasteiger partial charge in [0.1, 0.15) is 0 Å². The number of aryl methyl sites for hydroxylation is 1. The topological polar surface area (TPSA) is 58.6 Å². The molecule has 2 aromatic rings. The van der Waals surface area contributed by atoms with Gasteiger partial charge in [0, 0.05) is 25.5 Å². The van der Waals surface area contributed by atoms with Crippen molar-refractivity contribution in [2.45, 2.75) is 51.6 Å². The maximum absolute atomic E-state index is 11.3. The summed E-state index contributed by atoms with van der Waals surface area (Å²) < 4.78 is 5.30. The maximum Gasteiger partial charge on any atom is 0.333 e. The van der Waals surface area contributed by atoms with Crippen molar-refractivity contribution < 1.29 is 14.6 Å². The average Bonchev–Trinajstić information content (AvgIpc) is 2.73. The summed E-state index contributed by atoms with van der Waals surface area (Å²) in [6, 6.07) is 18.5. The van der Waals surface area contributed by atoms with Crippen molar-refractivity contribution in [1.82, 2.24) is 5.32 Å². The molecule has 156 valence electrons. The van der Waals surface area contributed by atoms with Crippen LogP contribution in [-0.4, -0.2) is 35.3 Å². The van der Waals surface area contributed by atoms with Gasteiger partial charge in [0.2, 0.25) is 0 Å². The maximum atomic E-state index is 11.3. The lowest BCUT2D eigenvalue weighted by Gasteiger charge is -2.20. The lowest BCUT2D eigenvalue weighted by Crippen LogP contribution is -2.28. The molecule has 0 fully saturated rings. The number of carboxylic acid groups (broad SMARTS) is 1. The molecule has 0 heterocycles. The van der Waals surface area contributed by atoms with Gasteiger partial charge in [0.15, 0.2) is 6.10 Å². The number of nitrogens with one attached hydrogen (secondary N) is 1. The Balaban J connectivity index is 2.01. The summed E-state index contributed by atoms with van der Waals surface area (Å²) >= 11 is 5.68. The predicted molar refractivity (Wildman–Crippen MR) is 122 cm³/mol. The third kappa shape index (κ3) is 7.59. The average molecular weight is 414 g/mol. The summed E-state index contributed by atoms with van der Waals surface area (Å²) in [6.45, 7) is 5.22. The summed E-state index contributed by atoms with van der Waals surface area (Å²) in [6.07, 6.45) is 2.45. The van der Waals surface area contributed by atoms with E-state index in [2.05, 4.69) is 48.6 Å². The highest BCUT2D eigenvalue weighted by atomic mass is 32.1. The standard InChI is InChI=1S/C24H31NO3S/c1-3-16-25-23(29)21(20-8-6-5-7-9-20)15-14-18-10-12-19(13-11-18)17-22(24(26)27)28-4-2/h5-13,21-22H,3-4,14-17H2,1-2H3,(H,25,29)(H,26,27)/t21-,22-/m1/s1. The van der Waals surface area contributed by atoms with Gasteiger partial charge < -0.3 is 15.2 Å². The van der Waals surface area contributed by atoms with Crippen LogP contribution in [0.1, 0.15) is 49.3 Å². The lowest BCUT2D eigenvalue weighted by molar-refractivity contribution is -0.149. The largest absolute Gasteiger partial charge is 0.479 e. The zero-order valence-corrected chi connectivity index (χ0v) is 18.1. The third-order valence-corrected chi connectivity index (χ3v) is 5.31. The van der Waals surface area contributed by atoms with Crippen LogP contribution in [0.5, 0.6) is 0 Å². The number of carbonyl (C=O) groups is 1.